The number of rotatable bonds is 27. The zero-order valence-corrected chi connectivity index (χ0v) is 33.5. The summed E-state index contributed by atoms with van der Waals surface area (Å²) in [6.45, 7) is 4.55. The summed E-state index contributed by atoms with van der Waals surface area (Å²) in [7, 11) is 1.82. The molecule has 2 aromatic heterocycles. The van der Waals surface area contributed by atoms with Gasteiger partial charge in [-0.25, -0.2) is 19.6 Å². The molecule has 0 radical (unpaired) electrons. The van der Waals surface area contributed by atoms with Crippen LogP contribution in [0.2, 0.25) is 0 Å². The van der Waals surface area contributed by atoms with Crippen molar-refractivity contribution in [3.05, 3.63) is 41.7 Å². The molecule has 2 heterocycles. The van der Waals surface area contributed by atoms with Crippen LogP contribution in [0.4, 0.5) is 17.5 Å². The summed E-state index contributed by atoms with van der Waals surface area (Å²) in [5, 5.41) is 27.4. The first-order valence-corrected chi connectivity index (χ1v) is 20.0. The molecule has 0 spiro atoms. The third-order valence-electron chi connectivity index (χ3n) is 9.69. The van der Waals surface area contributed by atoms with Crippen molar-refractivity contribution in [2.24, 2.45) is 0 Å². The van der Waals surface area contributed by atoms with Crippen LogP contribution in [-0.2, 0) is 25.7 Å². The molecule has 0 aliphatic rings. The van der Waals surface area contributed by atoms with E-state index in [9.17, 15) is 34.2 Å². The van der Waals surface area contributed by atoms with Crippen molar-refractivity contribution < 1.29 is 34.2 Å². The lowest BCUT2D eigenvalue weighted by Gasteiger charge is -2.22. The number of carbonyl (C=O) groups is 5. The molecule has 3 amide bonds. The third-order valence-corrected chi connectivity index (χ3v) is 9.69. The van der Waals surface area contributed by atoms with Gasteiger partial charge in [0.2, 0.25) is 17.8 Å². The molecule has 3 rings (SSSR count). The fraction of sp³-hybridized carbons (Fsp3) is 0.575. The average Bonchev–Trinajstić information content (AvgIpc) is 3.18. The van der Waals surface area contributed by atoms with Gasteiger partial charge in [-0.15, -0.1) is 0 Å². The SMILES string of the molecule is CCCCCCCCC(NC(=O)CCC(NC(=O)c1ccc(N(C)Cc2cnc3nc(N)nc(N)c3n2)cc1)C(=O)NC(CCCCCCCC)C(=O)O)C(=O)O. The number of nitrogens with one attached hydrogen (secondary N) is 3. The largest absolute Gasteiger partial charge is 0.480 e. The second-order valence-corrected chi connectivity index (χ2v) is 14.4. The summed E-state index contributed by atoms with van der Waals surface area (Å²) >= 11 is 0. The van der Waals surface area contributed by atoms with Crippen LogP contribution in [-0.4, -0.2) is 85.0 Å². The quantitative estimate of drug-likeness (QED) is 0.0514. The minimum atomic E-state index is -1.28. The highest BCUT2D eigenvalue weighted by atomic mass is 16.4. The first kappa shape index (κ1) is 45.8. The molecule has 1 aromatic carbocycles. The third kappa shape index (κ3) is 15.8. The van der Waals surface area contributed by atoms with Crippen LogP contribution >= 0.6 is 0 Å². The van der Waals surface area contributed by atoms with E-state index in [1.807, 2.05) is 11.9 Å². The predicted molar refractivity (Wildman–Crippen MR) is 218 cm³/mol. The lowest BCUT2D eigenvalue weighted by Crippen LogP contribution is -2.52. The molecule has 17 nitrogen and oxygen atoms in total. The molecule has 9 N–H and O–H groups in total. The zero-order valence-electron chi connectivity index (χ0n) is 33.5. The van der Waals surface area contributed by atoms with Crippen molar-refractivity contribution in [3.63, 3.8) is 0 Å². The van der Waals surface area contributed by atoms with E-state index in [0.717, 1.165) is 69.9 Å². The molecular formula is C40H60N10O7. The number of anilines is 3. The molecule has 0 saturated carbocycles. The van der Waals surface area contributed by atoms with Crippen LogP contribution in [0.5, 0.6) is 0 Å². The van der Waals surface area contributed by atoms with E-state index >= 15 is 0 Å². The van der Waals surface area contributed by atoms with E-state index in [0.29, 0.717) is 30.6 Å². The summed E-state index contributed by atoms with van der Waals surface area (Å²) in [5.74, 6) is -4.20. The molecule has 0 bridgehead atoms. The maximum absolute atomic E-state index is 13.6. The predicted octanol–water partition coefficient (Wildman–Crippen LogP) is 4.74. The molecule has 3 atom stereocenters. The molecule has 312 valence electrons. The maximum atomic E-state index is 13.6. The minimum Gasteiger partial charge on any atom is -0.480 e. The number of carboxylic acid groups (broad SMARTS) is 2. The normalized spacial score (nSPS) is 12.7. The maximum Gasteiger partial charge on any atom is 0.326 e. The van der Waals surface area contributed by atoms with Gasteiger partial charge in [0.25, 0.3) is 5.91 Å². The Morgan fingerprint density at radius 2 is 1.26 bits per heavy atom. The van der Waals surface area contributed by atoms with Gasteiger partial charge in [-0.3, -0.25) is 14.4 Å². The molecule has 0 aliphatic heterocycles. The van der Waals surface area contributed by atoms with Crippen molar-refractivity contribution in [3.8, 4) is 0 Å². The van der Waals surface area contributed by atoms with Gasteiger partial charge in [-0.05, 0) is 43.5 Å². The van der Waals surface area contributed by atoms with Crippen LogP contribution in [0.3, 0.4) is 0 Å². The van der Waals surface area contributed by atoms with Gasteiger partial charge in [0.15, 0.2) is 17.0 Å². The summed E-state index contributed by atoms with van der Waals surface area (Å²) < 4.78 is 0. The number of fused-ring (bicyclic) bond motifs is 1. The number of hydrogen-bond acceptors (Lipinski definition) is 12. The Kier molecular flexibility index (Phi) is 19.4. The van der Waals surface area contributed by atoms with Gasteiger partial charge >= 0.3 is 11.9 Å². The Balaban J connectivity index is 1.69. The Bertz CT molecular complexity index is 1780. The van der Waals surface area contributed by atoms with Crippen LogP contribution in [0.1, 0.15) is 133 Å². The van der Waals surface area contributed by atoms with E-state index < -0.39 is 47.8 Å². The van der Waals surface area contributed by atoms with Gasteiger partial charge in [0.05, 0.1) is 18.4 Å². The zero-order chi connectivity index (χ0) is 41.7. The highest BCUT2D eigenvalue weighted by molar-refractivity contribution is 5.98. The van der Waals surface area contributed by atoms with Crippen LogP contribution in [0.15, 0.2) is 30.5 Å². The van der Waals surface area contributed by atoms with Crippen LogP contribution in [0, 0.1) is 0 Å². The lowest BCUT2D eigenvalue weighted by molar-refractivity contribution is -0.142. The van der Waals surface area contributed by atoms with Gasteiger partial charge < -0.3 is 42.5 Å². The summed E-state index contributed by atoms with van der Waals surface area (Å²) in [4.78, 5) is 82.7. The first-order chi connectivity index (χ1) is 27.3. The van der Waals surface area contributed by atoms with E-state index in [1.165, 1.54) is 0 Å². The number of carbonyl (C=O) groups excluding carboxylic acids is 3. The number of carboxylic acids is 2. The first-order valence-electron chi connectivity index (χ1n) is 20.0. The monoisotopic (exact) mass is 792 g/mol. The number of nitrogens with zero attached hydrogens (tertiary/aromatic N) is 5. The fourth-order valence-corrected chi connectivity index (χ4v) is 6.36. The molecule has 0 aliphatic carbocycles. The smallest absolute Gasteiger partial charge is 0.326 e. The van der Waals surface area contributed by atoms with Gasteiger partial charge in [0, 0.05) is 24.7 Å². The number of amides is 3. The van der Waals surface area contributed by atoms with Gasteiger partial charge in [0.1, 0.15) is 18.1 Å². The summed E-state index contributed by atoms with van der Waals surface area (Å²) in [6.07, 6.45) is 13.0. The van der Waals surface area contributed by atoms with E-state index in [2.05, 4.69) is 49.7 Å². The average molecular weight is 793 g/mol. The highest BCUT2D eigenvalue weighted by Gasteiger charge is 2.28. The molecular weight excluding hydrogens is 733 g/mol. The number of nitrogens with two attached hydrogens (primary N) is 2. The number of unbranched alkanes of at least 4 members (excludes halogenated alkanes) is 10. The number of aliphatic carboxylic acids is 2. The minimum absolute atomic E-state index is 0.00309. The Labute approximate surface area is 334 Å². The second-order valence-electron chi connectivity index (χ2n) is 14.4. The Morgan fingerprint density at radius 3 is 1.84 bits per heavy atom. The van der Waals surface area contributed by atoms with E-state index in [1.54, 1.807) is 30.5 Å². The van der Waals surface area contributed by atoms with E-state index in [4.69, 9.17) is 11.5 Å². The number of hydrogen-bond donors (Lipinski definition) is 7. The van der Waals surface area contributed by atoms with E-state index in [-0.39, 0.29) is 48.7 Å². The standard InChI is InChI=1S/C40H60N10O7/c1-4-6-8-10-12-14-16-30(38(54)55)45-32(51)23-22-29(37(53)47-31(39(56)57)17-15-13-11-9-7-5-2)46-36(52)26-18-20-28(21-19-26)50(3)25-27-24-43-35-33(44-27)34(41)48-40(42)49-35/h18-21,24,29-31H,4-17,22-23,25H2,1-3H3,(H,45,51)(H,46,52)(H,47,53)(H,54,55)(H,56,57)(H4,41,42,43,48,49). The Hall–Kier alpha value is -5.61. The lowest BCUT2D eigenvalue weighted by atomic mass is 10.0. The van der Waals surface area contributed by atoms with Crippen molar-refractivity contribution in [1.82, 2.24) is 35.9 Å². The van der Waals surface area contributed by atoms with Gasteiger partial charge in [-0.1, -0.05) is 90.9 Å². The molecule has 57 heavy (non-hydrogen) atoms. The highest BCUT2D eigenvalue weighted by Crippen LogP contribution is 2.19. The van der Waals surface area contributed by atoms with Gasteiger partial charge in [-0.2, -0.15) is 9.97 Å². The fourth-order valence-electron chi connectivity index (χ4n) is 6.36. The molecule has 0 saturated heterocycles. The molecule has 0 fully saturated rings. The van der Waals surface area contributed by atoms with Crippen LogP contribution in [0.25, 0.3) is 11.2 Å². The number of nitrogen functional groups attached to an aromatic ring is 2. The molecule has 3 unspecified atom stereocenters. The summed E-state index contributed by atoms with van der Waals surface area (Å²) in [5.41, 5.74) is 13.7. The van der Waals surface area contributed by atoms with Crippen LogP contribution < -0.4 is 32.3 Å². The summed E-state index contributed by atoms with van der Waals surface area (Å²) in [6, 6.07) is 3.01. The number of benzene rings is 1. The topological polar surface area (TPSA) is 269 Å². The molecule has 3 aromatic rings. The second kappa shape index (κ2) is 24.1. The van der Waals surface area contributed by atoms with Crippen molar-refractivity contribution >= 4 is 58.3 Å². The van der Waals surface area contributed by atoms with Crippen molar-refractivity contribution in [2.75, 3.05) is 23.4 Å². The van der Waals surface area contributed by atoms with Crippen molar-refractivity contribution in [1.29, 1.82) is 0 Å². The van der Waals surface area contributed by atoms with Crippen molar-refractivity contribution in [2.45, 2.75) is 141 Å². The number of aromatic nitrogens is 4. The Morgan fingerprint density at radius 1 is 0.702 bits per heavy atom. The molecule has 17 heteroatoms.